The summed E-state index contributed by atoms with van der Waals surface area (Å²) in [4.78, 5) is 15.7. The summed E-state index contributed by atoms with van der Waals surface area (Å²) in [7, 11) is 0. The number of nitrogens with one attached hydrogen (secondary N) is 2. The lowest BCUT2D eigenvalue weighted by molar-refractivity contribution is 0.168. The Morgan fingerprint density at radius 3 is 2.88 bits per heavy atom. The van der Waals surface area contributed by atoms with Crippen LogP contribution in [0.5, 0.6) is 0 Å². The van der Waals surface area contributed by atoms with Crippen molar-refractivity contribution in [3.63, 3.8) is 0 Å². The number of hydrazone groups is 1. The number of halogens is 2. The highest BCUT2D eigenvalue weighted by atomic mass is 35.5. The van der Waals surface area contributed by atoms with Crippen LogP contribution in [0.1, 0.15) is 25.1 Å². The van der Waals surface area contributed by atoms with E-state index in [1.165, 1.54) is 6.20 Å². The van der Waals surface area contributed by atoms with Crippen LogP contribution in [0.25, 0.3) is 0 Å². The van der Waals surface area contributed by atoms with E-state index in [4.69, 9.17) is 27.9 Å². The first-order valence-corrected chi connectivity index (χ1v) is 8.47. The van der Waals surface area contributed by atoms with Crippen molar-refractivity contribution in [2.45, 2.75) is 20.8 Å². The molecule has 2 aromatic heterocycles. The smallest absolute Gasteiger partial charge is 0.412 e. The third-order valence-electron chi connectivity index (χ3n) is 2.85. The third-order valence-corrected chi connectivity index (χ3v) is 4.20. The van der Waals surface area contributed by atoms with Gasteiger partial charge < -0.3 is 4.74 Å². The molecule has 10 heteroatoms. The number of hydrogen-bond acceptors (Lipinski definition) is 7. The van der Waals surface area contributed by atoms with Crippen LogP contribution in [0.15, 0.2) is 17.4 Å². The van der Waals surface area contributed by atoms with E-state index >= 15 is 0 Å². The van der Waals surface area contributed by atoms with Crippen molar-refractivity contribution >= 4 is 57.4 Å². The average Bonchev–Trinajstić information content (AvgIpc) is 2.87. The predicted molar refractivity (Wildman–Crippen MR) is 97.6 cm³/mol. The van der Waals surface area contributed by atoms with Crippen molar-refractivity contribution in [3.05, 3.63) is 33.6 Å². The standard InChI is InChI=1S/C14H15Cl2N5O2S/c1-4-23-14(22)18-13-11(8(3)21-24-13)7(2)19-20-12-10(16)5-9(15)6-17-12/h5-6H,4H2,1-3H3,(H,17,20)(H,18,22)/b19-7+. The zero-order valence-corrected chi connectivity index (χ0v) is 15.5. The first-order valence-electron chi connectivity index (χ1n) is 6.94. The number of carbonyl (C=O) groups excluding carboxylic acids is 1. The van der Waals surface area contributed by atoms with E-state index in [1.54, 1.807) is 19.9 Å². The van der Waals surface area contributed by atoms with Gasteiger partial charge in [-0.05, 0) is 38.4 Å². The monoisotopic (exact) mass is 387 g/mol. The lowest BCUT2D eigenvalue weighted by Gasteiger charge is -2.07. The van der Waals surface area contributed by atoms with Gasteiger partial charge in [0.15, 0.2) is 5.82 Å². The van der Waals surface area contributed by atoms with Gasteiger partial charge in [-0.3, -0.25) is 10.7 Å². The molecular weight excluding hydrogens is 373 g/mol. The fourth-order valence-corrected chi connectivity index (χ4v) is 3.09. The van der Waals surface area contributed by atoms with Gasteiger partial charge in [0.05, 0.1) is 33.6 Å². The van der Waals surface area contributed by atoms with Crippen LogP contribution >= 0.6 is 34.7 Å². The van der Waals surface area contributed by atoms with Crippen molar-refractivity contribution < 1.29 is 9.53 Å². The van der Waals surface area contributed by atoms with E-state index in [1.807, 2.05) is 6.92 Å². The van der Waals surface area contributed by atoms with Gasteiger partial charge in [0, 0.05) is 6.20 Å². The van der Waals surface area contributed by atoms with Crippen molar-refractivity contribution in [1.29, 1.82) is 0 Å². The first-order chi connectivity index (χ1) is 11.4. The Balaban J connectivity index is 2.20. The van der Waals surface area contributed by atoms with Crippen molar-refractivity contribution in [3.8, 4) is 0 Å². The molecule has 0 radical (unpaired) electrons. The second-order valence-electron chi connectivity index (χ2n) is 4.61. The number of pyridine rings is 1. The highest BCUT2D eigenvalue weighted by Crippen LogP contribution is 2.26. The number of amides is 1. The zero-order chi connectivity index (χ0) is 17.7. The SMILES string of the molecule is CCOC(=O)Nc1snc(C)c1/C(C)=N/Nc1ncc(Cl)cc1Cl. The fraction of sp³-hybridized carbons (Fsp3) is 0.286. The fourth-order valence-electron chi connectivity index (χ4n) is 1.83. The van der Waals surface area contributed by atoms with Crippen LogP contribution in [-0.2, 0) is 4.74 Å². The molecule has 0 aromatic carbocycles. The van der Waals surface area contributed by atoms with Gasteiger partial charge in [0.2, 0.25) is 0 Å². The lowest BCUT2D eigenvalue weighted by atomic mass is 10.2. The number of carbonyl (C=O) groups is 1. The van der Waals surface area contributed by atoms with Crippen molar-refractivity contribution in [2.24, 2.45) is 5.10 Å². The number of hydrogen-bond donors (Lipinski definition) is 2. The maximum Gasteiger partial charge on any atom is 0.412 e. The maximum absolute atomic E-state index is 11.6. The molecule has 2 aromatic rings. The minimum Gasteiger partial charge on any atom is -0.450 e. The third kappa shape index (κ3) is 4.56. The van der Waals surface area contributed by atoms with E-state index in [9.17, 15) is 4.79 Å². The number of anilines is 2. The summed E-state index contributed by atoms with van der Waals surface area (Å²) >= 11 is 13.0. The second-order valence-corrected chi connectivity index (χ2v) is 6.23. The minimum atomic E-state index is -0.537. The Morgan fingerprint density at radius 1 is 1.46 bits per heavy atom. The van der Waals surface area contributed by atoms with E-state index in [-0.39, 0.29) is 6.61 Å². The molecule has 128 valence electrons. The van der Waals surface area contributed by atoms with E-state index < -0.39 is 6.09 Å². The second kappa shape index (κ2) is 8.27. The van der Waals surface area contributed by atoms with Crippen LogP contribution in [0.4, 0.5) is 15.6 Å². The van der Waals surface area contributed by atoms with Gasteiger partial charge in [-0.15, -0.1) is 0 Å². The molecule has 0 saturated carbocycles. The van der Waals surface area contributed by atoms with Crippen LogP contribution in [0.2, 0.25) is 10.0 Å². The van der Waals surface area contributed by atoms with Gasteiger partial charge in [0.25, 0.3) is 0 Å². The quantitative estimate of drug-likeness (QED) is 0.579. The molecule has 7 nitrogen and oxygen atoms in total. The summed E-state index contributed by atoms with van der Waals surface area (Å²) in [5.41, 5.74) is 4.85. The summed E-state index contributed by atoms with van der Waals surface area (Å²) in [5, 5.41) is 8.26. The normalized spacial score (nSPS) is 11.3. The molecule has 1 amide bonds. The Kier molecular flexibility index (Phi) is 6.36. The highest BCUT2D eigenvalue weighted by Gasteiger charge is 2.16. The summed E-state index contributed by atoms with van der Waals surface area (Å²) in [5.74, 6) is 0.376. The number of ether oxygens (including phenoxy) is 1. The van der Waals surface area contributed by atoms with Crippen LogP contribution in [-0.4, -0.2) is 27.8 Å². The number of aromatic nitrogens is 2. The number of aryl methyl sites for hydroxylation is 1. The molecule has 0 aliphatic carbocycles. The molecule has 0 fully saturated rings. The molecule has 2 heterocycles. The molecule has 0 atom stereocenters. The van der Waals surface area contributed by atoms with E-state index in [0.29, 0.717) is 32.1 Å². The molecule has 2 N–H and O–H groups in total. The van der Waals surface area contributed by atoms with Gasteiger partial charge in [-0.2, -0.15) is 9.47 Å². The number of nitrogens with zero attached hydrogens (tertiary/aromatic N) is 3. The minimum absolute atomic E-state index is 0.286. The topological polar surface area (TPSA) is 88.5 Å². The summed E-state index contributed by atoms with van der Waals surface area (Å²) in [6, 6.07) is 1.56. The Labute approximate surface area is 153 Å². The van der Waals surface area contributed by atoms with E-state index in [2.05, 4.69) is 25.2 Å². The average molecular weight is 388 g/mol. The summed E-state index contributed by atoms with van der Waals surface area (Å²) in [6.45, 7) is 5.63. The first kappa shape index (κ1) is 18.4. The highest BCUT2D eigenvalue weighted by molar-refractivity contribution is 7.11. The van der Waals surface area contributed by atoms with E-state index in [0.717, 1.165) is 17.2 Å². The Hall–Kier alpha value is -1.90. The largest absolute Gasteiger partial charge is 0.450 e. The predicted octanol–water partition coefficient (Wildman–Crippen LogP) is 4.56. The Morgan fingerprint density at radius 2 is 2.21 bits per heavy atom. The molecule has 24 heavy (non-hydrogen) atoms. The van der Waals surface area contributed by atoms with Gasteiger partial charge in [-0.1, -0.05) is 23.2 Å². The molecule has 0 aliphatic rings. The molecule has 0 bridgehead atoms. The molecule has 0 aliphatic heterocycles. The molecule has 2 rings (SSSR count). The van der Waals surface area contributed by atoms with Gasteiger partial charge in [-0.25, -0.2) is 9.78 Å². The zero-order valence-electron chi connectivity index (χ0n) is 13.2. The van der Waals surface area contributed by atoms with Gasteiger partial charge in [0.1, 0.15) is 5.00 Å². The van der Waals surface area contributed by atoms with Crippen molar-refractivity contribution in [1.82, 2.24) is 9.36 Å². The van der Waals surface area contributed by atoms with Gasteiger partial charge >= 0.3 is 6.09 Å². The molecule has 0 saturated heterocycles. The van der Waals surface area contributed by atoms with Crippen LogP contribution in [0, 0.1) is 6.92 Å². The summed E-state index contributed by atoms with van der Waals surface area (Å²) in [6.07, 6.45) is 0.928. The van der Waals surface area contributed by atoms with Crippen molar-refractivity contribution in [2.75, 3.05) is 17.3 Å². The summed E-state index contributed by atoms with van der Waals surface area (Å²) < 4.78 is 9.12. The molecule has 0 unspecified atom stereocenters. The van der Waals surface area contributed by atoms with Crippen LogP contribution in [0.3, 0.4) is 0 Å². The maximum atomic E-state index is 11.6. The Bertz CT molecular complexity index is 779. The molecular formula is C14H15Cl2N5O2S. The lowest BCUT2D eigenvalue weighted by Crippen LogP contribution is -2.14. The number of rotatable bonds is 5. The molecule has 0 spiro atoms. The van der Waals surface area contributed by atoms with Crippen LogP contribution < -0.4 is 10.7 Å².